The van der Waals surface area contributed by atoms with Crippen molar-refractivity contribution in [2.75, 3.05) is 6.54 Å². The van der Waals surface area contributed by atoms with Crippen LogP contribution in [-0.2, 0) is 4.79 Å². The van der Waals surface area contributed by atoms with Crippen molar-refractivity contribution in [1.82, 2.24) is 5.32 Å². The lowest BCUT2D eigenvalue weighted by Gasteiger charge is -2.04. The third kappa shape index (κ3) is 2.42. The number of rotatable bonds is 3. The molecule has 1 radical (unpaired) electrons. The molecule has 0 aliphatic heterocycles. The van der Waals surface area contributed by atoms with Crippen LogP contribution >= 0.6 is 0 Å². The summed E-state index contributed by atoms with van der Waals surface area (Å²) >= 11 is 0. The number of hydrogen-bond donors (Lipinski definition) is 1. The third-order valence-corrected chi connectivity index (χ3v) is 2.09. The van der Waals surface area contributed by atoms with E-state index in [1.165, 1.54) is 0 Å². The Hall–Kier alpha value is -1.64. The van der Waals surface area contributed by atoms with Gasteiger partial charge in [-0.05, 0) is 37.1 Å². The molecular formula is C11H12NO2. The highest BCUT2D eigenvalue weighted by molar-refractivity contribution is 5.95. The Morgan fingerprint density at radius 1 is 1.36 bits per heavy atom. The van der Waals surface area contributed by atoms with Crippen LogP contribution in [0.15, 0.2) is 18.2 Å². The molecule has 1 rings (SSSR count). The molecule has 0 heterocycles. The van der Waals surface area contributed by atoms with Gasteiger partial charge in [0.25, 0.3) is 5.91 Å². The standard InChI is InChI=1S/C11H12NO2/c1-8-3-4-10(7-9(8)2)11(14)12-5-6-13/h3-4,7H,5H2,1-2H3,(H,12,14). The molecule has 0 spiro atoms. The summed E-state index contributed by atoms with van der Waals surface area (Å²) in [6.07, 6.45) is 1.61. The third-order valence-electron chi connectivity index (χ3n) is 2.09. The normalized spacial score (nSPS) is 9.57. The molecule has 1 aromatic rings. The topological polar surface area (TPSA) is 46.2 Å². The van der Waals surface area contributed by atoms with Gasteiger partial charge in [-0.3, -0.25) is 9.59 Å². The monoisotopic (exact) mass is 190 g/mol. The number of benzene rings is 1. The molecule has 0 saturated carbocycles. The minimum atomic E-state index is -0.239. The van der Waals surface area contributed by atoms with Crippen molar-refractivity contribution >= 4 is 12.2 Å². The molecule has 0 aliphatic carbocycles. The van der Waals surface area contributed by atoms with Crippen LogP contribution in [0.4, 0.5) is 0 Å². The van der Waals surface area contributed by atoms with E-state index >= 15 is 0 Å². The molecule has 0 unspecified atom stereocenters. The first-order valence-electron chi connectivity index (χ1n) is 4.35. The summed E-state index contributed by atoms with van der Waals surface area (Å²) < 4.78 is 0. The smallest absolute Gasteiger partial charge is 0.251 e. The molecule has 0 bridgehead atoms. The van der Waals surface area contributed by atoms with Crippen LogP contribution in [-0.4, -0.2) is 18.7 Å². The summed E-state index contributed by atoms with van der Waals surface area (Å²) in [6, 6.07) is 5.42. The molecule has 0 aromatic heterocycles. The van der Waals surface area contributed by atoms with Gasteiger partial charge in [0.1, 0.15) is 0 Å². The predicted octanol–water partition coefficient (Wildman–Crippen LogP) is 1.14. The summed E-state index contributed by atoms with van der Waals surface area (Å²) in [6.45, 7) is 3.86. The van der Waals surface area contributed by atoms with Gasteiger partial charge in [0.2, 0.25) is 6.29 Å². The number of aryl methyl sites for hydroxylation is 2. The Balaban J connectivity index is 2.80. The Morgan fingerprint density at radius 2 is 2.07 bits per heavy atom. The molecule has 73 valence electrons. The highest BCUT2D eigenvalue weighted by atomic mass is 16.2. The summed E-state index contributed by atoms with van der Waals surface area (Å²) in [4.78, 5) is 21.3. The second-order valence-electron chi connectivity index (χ2n) is 3.13. The number of nitrogens with one attached hydrogen (secondary N) is 1. The van der Waals surface area contributed by atoms with Crippen molar-refractivity contribution in [2.24, 2.45) is 0 Å². The van der Waals surface area contributed by atoms with Gasteiger partial charge in [0.05, 0.1) is 6.54 Å². The predicted molar refractivity (Wildman–Crippen MR) is 53.9 cm³/mol. The first-order chi connectivity index (χ1) is 6.65. The highest BCUT2D eigenvalue weighted by Crippen LogP contribution is 2.09. The Bertz CT molecular complexity index is 358. The molecule has 3 nitrogen and oxygen atoms in total. The lowest BCUT2D eigenvalue weighted by atomic mass is 10.1. The molecular weight excluding hydrogens is 178 g/mol. The van der Waals surface area contributed by atoms with Gasteiger partial charge in [-0.1, -0.05) is 6.07 Å². The van der Waals surface area contributed by atoms with E-state index in [-0.39, 0.29) is 12.5 Å². The van der Waals surface area contributed by atoms with Crippen molar-refractivity contribution in [3.8, 4) is 0 Å². The molecule has 14 heavy (non-hydrogen) atoms. The Kier molecular flexibility index (Phi) is 3.40. The second-order valence-corrected chi connectivity index (χ2v) is 3.13. The van der Waals surface area contributed by atoms with Crippen molar-refractivity contribution < 1.29 is 9.59 Å². The molecule has 3 heteroatoms. The number of carbonyl (C=O) groups is 1. The van der Waals surface area contributed by atoms with Gasteiger partial charge in [-0.2, -0.15) is 0 Å². The van der Waals surface area contributed by atoms with Gasteiger partial charge in [-0.25, -0.2) is 0 Å². The minimum absolute atomic E-state index is 0.0637. The lowest BCUT2D eigenvalue weighted by molar-refractivity contribution is 0.0959. The average Bonchev–Trinajstić information content (AvgIpc) is 2.18. The fraction of sp³-hybridized carbons (Fsp3) is 0.273. The fourth-order valence-electron chi connectivity index (χ4n) is 1.10. The average molecular weight is 190 g/mol. The zero-order chi connectivity index (χ0) is 10.6. The maximum absolute atomic E-state index is 11.4. The minimum Gasteiger partial charge on any atom is -0.344 e. The van der Waals surface area contributed by atoms with Crippen LogP contribution in [0.3, 0.4) is 0 Å². The first-order valence-corrected chi connectivity index (χ1v) is 4.35. The maximum atomic E-state index is 11.4. The quantitative estimate of drug-likeness (QED) is 0.777. The molecule has 0 saturated heterocycles. The van der Waals surface area contributed by atoms with Gasteiger partial charge >= 0.3 is 0 Å². The van der Waals surface area contributed by atoms with Crippen LogP contribution in [0.1, 0.15) is 21.5 Å². The van der Waals surface area contributed by atoms with Crippen LogP contribution in [0.2, 0.25) is 0 Å². The van der Waals surface area contributed by atoms with Gasteiger partial charge < -0.3 is 5.32 Å². The van der Waals surface area contributed by atoms with Crippen LogP contribution in [0, 0.1) is 13.8 Å². The van der Waals surface area contributed by atoms with E-state index in [2.05, 4.69) is 5.32 Å². The summed E-state index contributed by atoms with van der Waals surface area (Å²) in [5, 5.41) is 2.43. The van der Waals surface area contributed by atoms with E-state index in [0.29, 0.717) is 5.56 Å². The van der Waals surface area contributed by atoms with Crippen LogP contribution < -0.4 is 5.32 Å². The van der Waals surface area contributed by atoms with Crippen molar-refractivity contribution in [2.45, 2.75) is 13.8 Å². The summed E-state index contributed by atoms with van der Waals surface area (Å²) in [7, 11) is 0. The fourth-order valence-corrected chi connectivity index (χ4v) is 1.10. The van der Waals surface area contributed by atoms with E-state index in [0.717, 1.165) is 11.1 Å². The molecule has 1 aromatic carbocycles. The molecule has 1 N–H and O–H groups in total. The van der Waals surface area contributed by atoms with Crippen LogP contribution in [0.25, 0.3) is 0 Å². The number of carbonyl (C=O) groups excluding carboxylic acids is 2. The molecule has 0 aliphatic rings. The van der Waals surface area contributed by atoms with E-state index in [4.69, 9.17) is 0 Å². The Labute approximate surface area is 83.1 Å². The molecule has 0 atom stereocenters. The zero-order valence-corrected chi connectivity index (χ0v) is 8.26. The zero-order valence-electron chi connectivity index (χ0n) is 8.26. The van der Waals surface area contributed by atoms with Crippen LogP contribution in [0.5, 0.6) is 0 Å². The maximum Gasteiger partial charge on any atom is 0.251 e. The van der Waals surface area contributed by atoms with E-state index in [1.807, 2.05) is 19.9 Å². The van der Waals surface area contributed by atoms with E-state index in [1.54, 1.807) is 18.4 Å². The SMILES string of the molecule is Cc1ccc(C(=O)NC[C]=O)cc1C. The summed E-state index contributed by atoms with van der Waals surface area (Å²) in [5.41, 5.74) is 2.78. The highest BCUT2D eigenvalue weighted by Gasteiger charge is 2.04. The van der Waals surface area contributed by atoms with Crippen molar-refractivity contribution in [3.63, 3.8) is 0 Å². The first kappa shape index (κ1) is 10.4. The number of hydrogen-bond acceptors (Lipinski definition) is 2. The summed E-state index contributed by atoms with van der Waals surface area (Å²) in [5.74, 6) is -0.239. The molecule has 1 amide bonds. The van der Waals surface area contributed by atoms with Gasteiger partial charge in [0.15, 0.2) is 0 Å². The van der Waals surface area contributed by atoms with Gasteiger partial charge in [0, 0.05) is 5.56 Å². The Morgan fingerprint density at radius 3 is 2.64 bits per heavy atom. The lowest BCUT2D eigenvalue weighted by Crippen LogP contribution is -2.25. The van der Waals surface area contributed by atoms with Gasteiger partial charge in [-0.15, -0.1) is 0 Å². The van der Waals surface area contributed by atoms with E-state index < -0.39 is 0 Å². The second kappa shape index (κ2) is 4.56. The molecule has 0 fully saturated rings. The largest absolute Gasteiger partial charge is 0.344 e. The van der Waals surface area contributed by atoms with Crippen molar-refractivity contribution in [3.05, 3.63) is 34.9 Å². The van der Waals surface area contributed by atoms with Crippen molar-refractivity contribution in [1.29, 1.82) is 0 Å². The number of amides is 1. The van der Waals surface area contributed by atoms with E-state index in [9.17, 15) is 9.59 Å².